The second-order valence-electron chi connectivity index (χ2n) is 15.4. The molecule has 12 nitrogen and oxygen atoms in total. The highest BCUT2D eigenvalue weighted by Gasteiger charge is 2.64. The fourth-order valence-corrected chi connectivity index (χ4v) is 8.41. The fraction of sp³-hybridized carbons (Fsp3) is 0.415. The molecule has 2 aliphatic heterocycles. The minimum Gasteiger partial charge on any atom is -0.489 e. The van der Waals surface area contributed by atoms with Crippen LogP contribution in [0.4, 0.5) is 11.4 Å². The topological polar surface area (TPSA) is 170 Å². The number of hydrogen-bond donors (Lipinski definition) is 4. The summed E-state index contributed by atoms with van der Waals surface area (Å²) in [5.41, 5.74) is 2.44. The highest BCUT2D eigenvalue weighted by atomic mass is 35.5. The second-order valence-corrected chi connectivity index (χ2v) is 15.8. The Hall–Kier alpha value is -5.41. The first-order valence-electron chi connectivity index (χ1n) is 18.3. The van der Waals surface area contributed by atoms with Crippen LogP contribution in [0, 0.1) is 22.2 Å². The number of hydrogen-bond acceptors (Lipinski definition) is 9. The lowest BCUT2D eigenvalue weighted by Crippen LogP contribution is -2.74. The summed E-state index contributed by atoms with van der Waals surface area (Å²) in [6, 6.07) is 18.5. The van der Waals surface area contributed by atoms with Crippen LogP contribution in [0.1, 0.15) is 103 Å². The first-order chi connectivity index (χ1) is 25.7. The van der Waals surface area contributed by atoms with Crippen molar-refractivity contribution in [3.8, 4) is 11.8 Å². The Morgan fingerprint density at radius 1 is 0.870 bits per heavy atom. The van der Waals surface area contributed by atoms with Gasteiger partial charge in [0.15, 0.2) is 0 Å². The van der Waals surface area contributed by atoms with Crippen molar-refractivity contribution in [3.05, 3.63) is 87.9 Å². The number of amides is 5. The average Bonchev–Trinajstić information content (AvgIpc) is 3.38. The number of rotatable bonds is 14. The molecule has 0 radical (unpaired) electrons. The number of anilines is 2. The summed E-state index contributed by atoms with van der Waals surface area (Å²) in [7, 11) is 0. The summed E-state index contributed by atoms with van der Waals surface area (Å²) >= 11 is 6.22. The Labute approximate surface area is 319 Å². The van der Waals surface area contributed by atoms with Gasteiger partial charge in [-0.1, -0.05) is 52.1 Å². The van der Waals surface area contributed by atoms with Gasteiger partial charge < -0.3 is 20.7 Å². The molecule has 1 atom stereocenters. The largest absolute Gasteiger partial charge is 0.489 e. The molecule has 0 aromatic heterocycles. The molecule has 6 rings (SSSR count). The Morgan fingerprint density at radius 3 is 2.13 bits per heavy atom. The molecule has 0 bridgehead atoms. The van der Waals surface area contributed by atoms with Gasteiger partial charge in [-0.15, -0.1) is 0 Å². The molecule has 282 valence electrons. The van der Waals surface area contributed by atoms with Crippen LogP contribution in [-0.4, -0.2) is 65.7 Å². The molecule has 0 spiro atoms. The summed E-state index contributed by atoms with van der Waals surface area (Å²) in [6.45, 7) is 9.79. The number of imide groups is 2. The van der Waals surface area contributed by atoms with Gasteiger partial charge in [-0.3, -0.25) is 34.2 Å². The zero-order valence-corrected chi connectivity index (χ0v) is 31.6. The molecule has 2 heterocycles. The molecular weight excluding hydrogens is 708 g/mol. The number of nitriles is 1. The molecule has 1 saturated heterocycles. The molecule has 2 fully saturated rings. The Kier molecular flexibility index (Phi) is 11.0. The lowest BCUT2D eigenvalue weighted by Gasteiger charge is -2.63. The van der Waals surface area contributed by atoms with Crippen LogP contribution in [0.5, 0.6) is 5.75 Å². The average molecular weight is 753 g/mol. The molecule has 13 heteroatoms. The molecular formula is C41H45ClN6O6. The van der Waals surface area contributed by atoms with E-state index in [2.05, 4.69) is 55.0 Å². The van der Waals surface area contributed by atoms with Gasteiger partial charge in [-0.05, 0) is 73.9 Å². The van der Waals surface area contributed by atoms with Crippen LogP contribution in [-0.2, 0) is 9.59 Å². The van der Waals surface area contributed by atoms with E-state index in [1.165, 1.54) is 0 Å². The highest BCUT2D eigenvalue weighted by Crippen LogP contribution is 2.55. The third-order valence-electron chi connectivity index (χ3n) is 10.8. The monoisotopic (exact) mass is 752 g/mol. The quantitative estimate of drug-likeness (QED) is 0.109. The molecule has 1 saturated carbocycles. The number of piperidine rings is 1. The van der Waals surface area contributed by atoms with E-state index in [0.717, 1.165) is 48.5 Å². The normalized spacial score (nSPS) is 21.0. The van der Waals surface area contributed by atoms with Crippen LogP contribution in [0.2, 0.25) is 5.02 Å². The van der Waals surface area contributed by atoms with E-state index in [4.69, 9.17) is 16.3 Å². The number of fused-ring (bicyclic) bond motifs is 1. The number of nitrogens with one attached hydrogen (secondary N) is 4. The van der Waals surface area contributed by atoms with Crippen molar-refractivity contribution in [2.75, 3.05) is 23.7 Å². The van der Waals surface area contributed by atoms with E-state index in [1.54, 1.807) is 36.4 Å². The minimum absolute atomic E-state index is 0.0816. The van der Waals surface area contributed by atoms with Crippen molar-refractivity contribution in [1.29, 1.82) is 5.26 Å². The lowest BCUT2D eigenvalue weighted by atomic mass is 9.49. The third kappa shape index (κ3) is 7.64. The Morgan fingerprint density at radius 2 is 1.50 bits per heavy atom. The van der Waals surface area contributed by atoms with E-state index in [0.29, 0.717) is 28.4 Å². The summed E-state index contributed by atoms with van der Waals surface area (Å²) < 4.78 is 6.34. The van der Waals surface area contributed by atoms with Gasteiger partial charge in [0, 0.05) is 59.4 Å². The number of unbranched alkanes of at least 4 members (excludes halogenated alkanes) is 3. The standard InChI is InChI=1S/C41H45ClN6O6/c1-40(2)38(41(3,4)39(40)54-28-15-11-25(23-43)31(42)22-28)47-34(50)24-9-12-26(13-10-24)44-19-7-5-6-8-20-45-27-14-16-29-30(21-27)37(53)48(36(29)52)32-17-18-33(49)46-35(32)51/h9-16,21-22,32,38-39,44-45H,5-8,17-20H2,1-4H3,(H,47,50)(H,46,49,51). The predicted molar refractivity (Wildman–Crippen MR) is 204 cm³/mol. The maximum atomic E-state index is 13.3. The summed E-state index contributed by atoms with van der Waals surface area (Å²) in [6.07, 6.45) is 3.92. The third-order valence-corrected chi connectivity index (χ3v) is 11.1. The van der Waals surface area contributed by atoms with Gasteiger partial charge in [0.05, 0.1) is 21.7 Å². The molecule has 1 aliphatic carbocycles. The molecule has 3 aromatic carbocycles. The SMILES string of the molecule is CC1(C)C(NC(=O)c2ccc(NCCCCCCNc3ccc4c(c3)C(=O)N(C3CCC(=O)NC3=O)C4=O)cc2)C(C)(C)C1Oc1ccc(C#N)c(Cl)c1. The van der Waals surface area contributed by atoms with Crippen molar-refractivity contribution in [2.45, 2.75) is 84.4 Å². The first kappa shape index (κ1) is 38.3. The number of carbonyl (C=O) groups excluding carboxylic acids is 5. The van der Waals surface area contributed by atoms with Gasteiger partial charge in [0.1, 0.15) is 24.0 Å². The van der Waals surface area contributed by atoms with E-state index in [1.807, 2.05) is 24.3 Å². The lowest BCUT2D eigenvalue weighted by molar-refractivity contribution is -0.164. The first-order valence-corrected chi connectivity index (χ1v) is 18.7. The predicted octanol–water partition coefficient (Wildman–Crippen LogP) is 6.31. The number of ether oxygens (including phenoxy) is 1. The van der Waals surface area contributed by atoms with Gasteiger partial charge in [-0.2, -0.15) is 5.26 Å². The van der Waals surface area contributed by atoms with Crippen molar-refractivity contribution in [2.24, 2.45) is 10.8 Å². The molecule has 4 N–H and O–H groups in total. The van der Waals surface area contributed by atoms with Crippen LogP contribution in [0.25, 0.3) is 0 Å². The van der Waals surface area contributed by atoms with Gasteiger partial charge >= 0.3 is 0 Å². The van der Waals surface area contributed by atoms with E-state index >= 15 is 0 Å². The van der Waals surface area contributed by atoms with Crippen LogP contribution in [0.15, 0.2) is 60.7 Å². The second kappa shape index (κ2) is 15.5. The maximum Gasteiger partial charge on any atom is 0.262 e. The molecule has 3 aromatic rings. The van der Waals surface area contributed by atoms with Crippen LogP contribution < -0.4 is 26.0 Å². The van der Waals surface area contributed by atoms with Crippen LogP contribution >= 0.6 is 11.6 Å². The number of halogens is 1. The van der Waals surface area contributed by atoms with Gasteiger partial charge in [0.2, 0.25) is 11.8 Å². The number of benzene rings is 3. The Bertz CT molecular complexity index is 2010. The van der Waals surface area contributed by atoms with E-state index in [9.17, 15) is 29.2 Å². The summed E-state index contributed by atoms with van der Waals surface area (Å²) in [5.74, 6) is -1.62. The molecule has 5 amide bonds. The highest BCUT2D eigenvalue weighted by molar-refractivity contribution is 6.31. The van der Waals surface area contributed by atoms with Crippen molar-refractivity contribution >= 4 is 52.5 Å². The molecule has 1 unspecified atom stereocenters. The van der Waals surface area contributed by atoms with Crippen LogP contribution in [0.3, 0.4) is 0 Å². The zero-order chi connectivity index (χ0) is 38.8. The summed E-state index contributed by atoms with van der Waals surface area (Å²) in [5, 5.41) is 21.7. The minimum atomic E-state index is -0.982. The molecule has 54 heavy (non-hydrogen) atoms. The number of nitrogens with zero attached hydrogens (tertiary/aromatic N) is 2. The maximum absolute atomic E-state index is 13.3. The smallest absolute Gasteiger partial charge is 0.262 e. The Balaban J connectivity index is 0.888. The van der Waals surface area contributed by atoms with Crippen molar-refractivity contribution < 1.29 is 28.7 Å². The number of carbonyl (C=O) groups is 5. The van der Waals surface area contributed by atoms with Crippen molar-refractivity contribution in [3.63, 3.8) is 0 Å². The zero-order valence-electron chi connectivity index (χ0n) is 30.9. The van der Waals surface area contributed by atoms with Crippen molar-refractivity contribution in [1.82, 2.24) is 15.5 Å². The fourth-order valence-electron chi connectivity index (χ4n) is 8.20. The van der Waals surface area contributed by atoms with Gasteiger partial charge in [0.25, 0.3) is 17.7 Å². The van der Waals surface area contributed by atoms with E-state index in [-0.39, 0.29) is 52.9 Å². The molecule has 3 aliphatic rings. The summed E-state index contributed by atoms with van der Waals surface area (Å²) in [4.78, 5) is 64.0. The van der Waals surface area contributed by atoms with E-state index < -0.39 is 29.7 Å². The van der Waals surface area contributed by atoms with Gasteiger partial charge in [-0.25, -0.2) is 0 Å².